The molecule has 0 unspecified atom stereocenters. The van der Waals surface area contributed by atoms with Crippen LogP contribution < -0.4 is 0 Å². The van der Waals surface area contributed by atoms with Gasteiger partial charge in [-0.05, 0) is 64.4 Å². The van der Waals surface area contributed by atoms with E-state index in [1.165, 1.54) is 128 Å². The smallest absolute Gasteiger partial charge is 0.100 e. The van der Waals surface area contributed by atoms with Crippen molar-refractivity contribution in [1.29, 1.82) is 0 Å². The van der Waals surface area contributed by atoms with Gasteiger partial charge in [-0.1, -0.05) is 77.0 Å². The summed E-state index contributed by atoms with van der Waals surface area (Å²) in [6.45, 7) is 2.37. The molecule has 0 saturated heterocycles. The van der Waals surface area contributed by atoms with Crippen LogP contribution >= 0.6 is 0 Å². The molecule has 4 aliphatic carbocycles. The van der Waals surface area contributed by atoms with Crippen LogP contribution in [0.5, 0.6) is 0 Å². The Bertz CT molecular complexity index is 411. The third kappa shape index (κ3) is 5.34. The Morgan fingerprint density at radius 3 is 0.897 bits per heavy atom. The van der Waals surface area contributed by atoms with E-state index in [1.54, 1.807) is 5.82 Å². The summed E-state index contributed by atoms with van der Waals surface area (Å²) in [6, 6.07) is 3.25. The lowest BCUT2D eigenvalue weighted by Gasteiger charge is -2.52. The minimum atomic E-state index is 0.813. The predicted molar refractivity (Wildman–Crippen MR) is 125 cm³/mol. The van der Waals surface area contributed by atoms with Crippen molar-refractivity contribution >= 4 is 0 Å². The maximum Gasteiger partial charge on any atom is 0.100 e. The summed E-state index contributed by atoms with van der Waals surface area (Å²) in [5.74, 6) is 1.68. The zero-order valence-corrected chi connectivity index (χ0v) is 19.4. The molecule has 4 aliphatic rings. The van der Waals surface area contributed by atoms with Gasteiger partial charge in [-0.2, -0.15) is 0 Å². The van der Waals surface area contributed by atoms with E-state index in [4.69, 9.17) is 0 Å². The summed E-state index contributed by atoms with van der Waals surface area (Å²) in [6.07, 6.45) is 31.6. The maximum atomic E-state index is 3.04. The van der Waals surface area contributed by atoms with Crippen molar-refractivity contribution in [3.05, 3.63) is 11.9 Å². The van der Waals surface area contributed by atoms with Crippen LogP contribution in [0.2, 0.25) is 0 Å². The fraction of sp³-hybridized carbons (Fsp3) is 0.926. The van der Waals surface area contributed by atoms with E-state index in [9.17, 15) is 0 Å². The summed E-state index contributed by atoms with van der Waals surface area (Å²) in [5, 5.41) is 0. The number of hydrogen-bond donors (Lipinski definition) is 0. The number of nitrogens with zero attached hydrogens (tertiary/aromatic N) is 2. The highest BCUT2D eigenvalue weighted by Crippen LogP contribution is 2.39. The van der Waals surface area contributed by atoms with Crippen LogP contribution in [0.15, 0.2) is 11.9 Å². The molecule has 0 radical (unpaired) electrons. The van der Waals surface area contributed by atoms with Crippen molar-refractivity contribution in [1.82, 2.24) is 9.80 Å². The second-order valence-corrected chi connectivity index (χ2v) is 10.6. The van der Waals surface area contributed by atoms with Crippen molar-refractivity contribution in [3.63, 3.8) is 0 Å². The highest BCUT2D eigenvalue weighted by Gasteiger charge is 2.37. The van der Waals surface area contributed by atoms with Gasteiger partial charge in [-0.15, -0.1) is 0 Å². The summed E-state index contributed by atoms with van der Waals surface area (Å²) >= 11 is 0. The molecule has 0 aliphatic heterocycles. The first-order chi connectivity index (χ1) is 14.4. The Labute approximate surface area is 181 Å². The third-order valence-electron chi connectivity index (χ3n) is 8.66. The summed E-state index contributed by atoms with van der Waals surface area (Å²) < 4.78 is 0. The number of rotatable bonds is 6. The molecular weight excluding hydrogens is 352 g/mol. The van der Waals surface area contributed by atoms with Gasteiger partial charge in [0, 0.05) is 24.2 Å². The zero-order valence-electron chi connectivity index (χ0n) is 19.4. The molecule has 0 amide bonds. The van der Waals surface area contributed by atoms with E-state index in [1.807, 2.05) is 0 Å². The van der Waals surface area contributed by atoms with E-state index in [0.717, 1.165) is 24.2 Å². The molecule has 2 heteroatoms. The van der Waals surface area contributed by atoms with Crippen molar-refractivity contribution in [2.45, 2.75) is 160 Å². The predicted octanol–water partition coefficient (Wildman–Crippen LogP) is 7.78. The summed E-state index contributed by atoms with van der Waals surface area (Å²) in [4.78, 5) is 6.09. The largest absolute Gasteiger partial charge is 0.353 e. The topological polar surface area (TPSA) is 6.48 Å². The molecule has 4 saturated carbocycles. The SMILES string of the molecule is CC=C(N(C1CCCCC1)C1CCCCC1)N(C1CCCCC1)C1CCCCC1. The number of hydrogen-bond acceptors (Lipinski definition) is 2. The Hall–Kier alpha value is -0.660. The first-order valence-electron chi connectivity index (χ1n) is 13.6. The van der Waals surface area contributed by atoms with Crippen molar-refractivity contribution < 1.29 is 0 Å². The molecule has 29 heavy (non-hydrogen) atoms. The van der Waals surface area contributed by atoms with Crippen LogP contribution in [0.4, 0.5) is 0 Å². The second kappa shape index (κ2) is 11.1. The van der Waals surface area contributed by atoms with Crippen molar-refractivity contribution in [2.24, 2.45) is 0 Å². The van der Waals surface area contributed by atoms with Crippen LogP contribution in [0.1, 0.15) is 135 Å². The molecule has 4 rings (SSSR count). The fourth-order valence-corrected chi connectivity index (χ4v) is 7.21. The van der Waals surface area contributed by atoms with Crippen LogP contribution in [-0.2, 0) is 0 Å². The minimum Gasteiger partial charge on any atom is -0.353 e. The summed E-state index contributed by atoms with van der Waals surface area (Å²) in [7, 11) is 0. The lowest BCUT2D eigenvalue weighted by atomic mass is 9.86. The molecule has 0 atom stereocenters. The van der Waals surface area contributed by atoms with E-state index in [2.05, 4.69) is 22.8 Å². The third-order valence-corrected chi connectivity index (χ3v) is 8.66. The fourth-order valence-electron chi connectivity index (χ4n) is 7.21. The molecule has 4 fully saturated rings. The quantitative estimate of drug-likeness (QED) is 0.449. The minimum absolute atomic E-state index is 0.813. The molecule has 0 spiro atoms. The molecule has 166 valence electrons. The zero-order chi connectivity index (χ0) is 19.9. The highest BCUT2D eigenvalue weighted by atomic mass is 15.4. The van der Waals surface area contributed by atoms with Crippen molar-refractivity contribution in [3.8, 4) is 0 Å². The van der Waals surface area contributed by atoms with E-state index < -0.39 is 0 Å². The van der Waals surface area contributed by atoms with E-state index >= 15 is 0 Å². The van der Waals surface area contributed by atoms with Gasteiger partial charge in [0.05, 0.1) is 0 Å². The Morgan fingerprint density at radius 1 is 0.448 bits per heavy atom. The molecule has 0 bridgehead atoms. The second-order valence-electron chi connectivity index (χ2n) is 10.6. The lowest BCUT2D eigenvalue weighted by molar-refractivity contribution is 0.0243. The van der Waals surface area contributed by atoms with Gasteiger partial charge in [-0.25, -0.2) is 0 Å². The normalized spacial score (nSPS) is 26.2. The van der Waals surface area contributed by atoms with Crippen LogP contribution in [0, 0.1) is 0 Å². The Balaban J connectivity index is 1.63. The van der Waals surface area contributed by atoms with Gasteiger partial charge in [0.2, 0.25) is 0 Å². The van der Waals surface area contributed by atoms with Crippen LogP contribution in [-0.4, -0.2) is 34.0 Å². The van der Waals surface area contributed by atoms with E-state index in [0.29, 0.717) is 0 Å². The van der Waals surface area contributed by atoms with Crippen molar-refractivity contribution in [2.75, 3.05) is 0 Å². The average molecular weight is 401 g/mol. The van der Waals surface area contributed by atoms with E-state index in [-0.39, 0.29) is 0 Å². The van der Waals surface area contributed by atoms with Gasteiger partial charge in [0.15, 0.2) is 0 Å². The Morgan fingerprint density at radius 2 is 0.690 bits per heavy atom. The maximum absolute atomic E-state index is 3.04. The summed E-state index contributed by atoms with van der Waals surface area (Å²) in [5.41, 5.74) is 0. The molecule has 0 aromatic rings. The lowest BCUT2D eigenvalue weighted by Crippen LogP contribution is -2.54. The van der Waals surface area contributed by atoms with Gasteiger partial charge in [-0.3, -0.25) is 0 Å². The Kier molecular flexibility index (Phi) is 8.25. The first-order valence-corrected chi connectivity index (χ1v) is 13.6. The standard InChI is InChI=1S/C27H48N2/c1-2-27(28(23-15-7-3-8-16-23)24-17-9-4-10-18-24)29(25-19-11-5-12-20-25)26-21-13-6-14-22-26/h2,23-26H,3-22H2,1H3. The monoisotopic (exact) mass is 400 g/mol. The van der Waals surface area contributed by atoms with Gasteiger partial charge in [0.25, 0.3) is 0 Å². The highest BCUT2D eigenvalue weighted by molar-refractivity contribution is 5.09. The van der Waals surface area contributed by atoms with Crippen LogP contribution in [0.3, 0.4) is 0 Å². The molecule has 0 aromatic carbocycles. The molecule has 0 aromatic heterocycles. The van der Waals surface area contributed by atoms with Gasteiger partial charge >= 0.3 is 0 Å². The van der Waals surface area contributed by atoms with Crippen LogP contribution in [0.25, 0.3) is 0 Å². The first kappa shape index (κ1) is 21.6. The molecular formula is C27H48N2. The van der Waals surface area contributed by atoms with Gasteiger partial charge in [0.1, 0.15) is 5.82 Å². The number of allylic oxidation sites excluding steroid dienone is 1. The molecule has 0 N–H and O–H groups in total. The molecule has 2 nitrogen and oxygen atoms in total. The molecule has 0 heterocycles. The van der Waals surface area contributed by atoms with Gasteiger partial charge < -0.3 is 9.80 Å². The average Bonchev–Trinajstić information content (AvgIpc) is 2.81.